The van der Waals surface area contributed by atoms with Crippen molar-refractivity contribution in [3.8, 4) is 5.75 Å². The quantitative estimate of drug-likeness (QED) is 0.174. The minimum absolute atomic E-state index is 0.0443. The maximum Gasteiger partial charge on any atom is 0.547 e. The van der Waals surface area contributed by atoms with E-state index in [1.54, 1.807) is 6.07 Å². The molecule has 1 saturated heterocycles. The van der Waals surface area contributed by atoms with E-state index in [0.717, 1.165) is 17.0 Å². The molecule has 0 saturated carbocycles. The van der Waals surface area contributed by atoms with Crippen molar-refractivity contribution in [2.75, 3.05) is 26.3 Å². The SMILES string of the molecule is NS(=O)(=O)c1ccc(C(NC(=O)N2CCN(CCF)C(=O)C2=O)C(=O)N[C@H]2Cc3cccc(C(=O)O)c3OB2O)cc1. The first kappa shape index (κ1) is 30.4. The summed E-state index contributed by atoms with van der Waals surface area (Å²) >= 11 is 0. The van der Waals surface area contributed by atoms with Gasteiger partial charge in [0.05, 0.1) is 16.4 Å². The molecule has 2 aliphatic heterocycles. The van der Waals surface area contributed by atoms with Gasteiger partial charge in [0.25, 0.3) is 0 Å². The summed E-state index contributed by atoms with van der Waals surface area (Å²) in [4.78, 5) is 64.1. The highest BCUT2D eigenvalue weighted by Gasteiger charge is 2.41. The number of nitrogens with zero attached hydrogens (tertiary/aromatic N) is 2. The number of imide groups is 1. The molecule has 6 N–H and O–H groups in total. The Balaban J connectivity index is 1.58. The normalized spacial score (nSPS) is 17.7. The van der Waals surface area contributed by atoms with Crippen molar-refractivity contribution in [2.45, 2.75) is 23.3 Å². The van der Waals surface area contributed by atoms with Crippen LogP contribution >= 0.6 is 0 Å². The fraction of sp³-hybridized carbons (Fsp3) is 0.292. The largest absolute Gasteiger partial charge is 0.547 e. The second kappa shape index (κ2) is 12.1. The molecule has 0 bridgehead atoms. The summed E-state index contributed by atoms with van der Waals surface area (Å²) in [5.74, 6) is -5.74. The lowest BCUT2D eigenvalue weighted by Gasteiger charge is -2.33. The molecule has 1 fully saturated rings. The number of halogens is 1. The standard InChI is InChI=1S/C24H25BFN5O10S/c26-8-9-30-10-11-31(22(34)21(30)33)24(37)29-18(13-4-6-15(7-5-13)42(27,39)40)20(32)28-17-12-14-2-1-3-16(23(35)36)19(14)41-25(17)38/h1-7,17-18,38H,8-12H2,(H,28,32)(H,29,37)(H,35,36)(H2,27,39,40)/t17-,18?/m0/s1. The van der Waals surface area contributed by atoms with Crippen LogP contribution in [0.3, 0.4) is 0 Å². The summed E-state index contributed by atoms with van der Waals surface area (Å²) in [7, 11) is -5.79. The Kier molecular flexibility index (Phi) is 8.79. The van der Waals surface area contributed by atoms with Crippen molar-refractivity contribution >= 4 is 46.9 Å². The number of carboxylic acids is 1. The van der Waals surface area contributed by atoms with Gasteiger partial charge >= 0.3 is 30.9 Å². The second-order valence-corrected chi connectivity index (χ2v) is 10.9. The molecule has 1 unspecified atom stereocenters. The predicted octanol–water partition coefficient (Wildman–Crippen LogP) is -1.44. The third-order valence-electron chi connectivity index (χ3n) is 6.66. The number of sulfonamides is 1. The molecule has 18 heteroatoms. The molecule has 4 rings (SSSR count). The van der Waals surface area contributed by atoms with Gasteiger partial charge < -0.3 is 30.3 Å². The number of carboxylic acid groups (broad SMARTS) is 1. The van der Waals surface area contributed by atoms with Gasteiger partial charge in [-0.2, -0.15) is 0 Å². The fourth-order valence-electron chi connectivity index (χ4n) is 4.52. The van der Waals surface area contributed by atoms with Crippen molar-refractivity contribution in [2.24, 2.45) is 5.14 Å². The average molecular weight is 605 g/mol. The number of primary sulfonamides is 1. The molecular formula is C24H25BFN5O10S. The zero-order valence-electron chi connectivity index (χ0n) is 21.7. The highest BCUT2D eigenvalue weighted by molar-refractivity contribution is 7.89. The lowest BCUT2D eigenvalue weighted by molar-refractivity contribution is -0.153. The maximum absolute atomic E-state index is 13.5. The molecule has 2 atom stereocenters. The topological polar surface area (TPSA) is 226 Å². The van der Waals surface area contributed by atoms with Crippen molar-refractivity contribution in [3.05, 3.63) is 59.2 Å². The lowest BCUT2D eigenvalue weighted by Crippen LogP contribution is -2.60. The van der Waals surface area contributed by atoms with Gasteiger partial charge in [-0.15, -0.1) is 0 Å². The van der Waals surface area contributed by atoms with Crippen molar-refractivity contribution in [1.29, 1.82) is 0 Å². The third-order valence-corrected chi connectivity index (χ3v) is 7.59. The summed E-state index contributed by atoms with van der Waals surface area (Å²) < 4.78 is 41.4. The first-order valence-corrected chi connectivity index (χ1v) is 14.0. The summed E-state index contributed by atoms with van der Waals surface area (Å²) in [5.41, 5.74) is 0.226. The number of fused-ring (bicyclic) bond motifs is 1. The van der Waals surface area contributed by atoms with E-state index in [9.17, 15) is 46.9 Å². The van der Waals surface area contributed by atoms with Crippen LogP contribution in [0, 0.1) is 0 Å². The Labute approximate surface area is 238 Å². The van der Waals surface area contributed by atoms with Crippen LogP contribution in [0.5, 0.6) is 5.75 Å². The first-order chi connectivity index (χ1) is 19.8. The fourth-order valence-corrected chi connectivity index (χ4v) is 5.03. The highest BCUT2D eigenvalue weighted by Crippen LogP contribution is 2.30. The van der Waals surface area contributed by atoms with Crippen LogP contribution in [0.2, 0.25) is 0 Å². The monoisotopic (exact) mass is 605 g/mol. The van der Waals surface area contributed by atoms with Gasteiger partial charge in [-0.3, -0.25) is 19.3 Å². The zero-order valence-corrected chi connectivity index (χ0v) is 22.5. The van der Waals surface area contributed by atoms with Crippen LogP contribution in [0.25, 0.3) is 0 Å². The number of rotatable bonds is 8. The van der Waals surface area contributed by atoms with E-state index >= 15 is 0 Å². The van der Waals surface area contributed by atoms with E-state index in [0.29, 0.717) is 10.5 Å². The average Bonchev–Trinajstić information content (AvgIpc) is 2.93. The number of nitrogens with two attached hydrogens (primary N) is 1. The number of urea groups is 1. The number of carbonyl (C=O) groups excluding carboxylic acids is 4. The van der Waals surface area contributed by atoms with E-state index in [1.807, 2.05) is 0 Å². The number of nitrogens with one attached hydrogen (secondary N) is 2. The predicted molar refractivity (Wildman–Crippen MR) is 141 cm³/mol. The Morgan fingerprint density at radius 2 is 1.81 bits per heavy atom. The molecule has 15 nitrogen and oxygen atoms in total. The number of amides is 5. The lowest BCUT2D eigenvalue weighted by atomic mass is 9.72. The smallest absolute Gasteiger partial charge is 0.534 e. The second-order valence-electron chi connectivity index (χ2n) is 9.36. The van der Waals surface area contributed by atoms with E-state index < -0.39 is 65.5 Å². The number of aromatic carboxylic acids is 1. The van der Waals surface area contributed by atoms with Gasteiger partial charge in [0.1, 0.15) is 18.5 Å². The van der Waals surface area contributed by atoms with Crippen molar-refractivity contribution < 1.29 is 51.6 Å². The van der Waals surface area contributed by atoms with Crippen LogP contribution in [0.15, 0.2) is 47.4 Å². The number of hydrogen-bond donors (Lipinski definition) is 5. The first-order valence-electron chi connectivity index (χ1n) is 12.4. The zero-order chi connectivity index (χ0) is 30.8. The van der Waals surface area contributed by atoms with Gasteiger partial charge in [0.15, 0.2) is 0 Å². The highest BCUT2D eigenvalue weighted by atomic mass is 32.2. The molecule has 2 aromatic carbocycles. The van der Waals surface area contributed by atoms with Crippen LogP contribution < -0.4 is 20.4 Å². The van der Waals surface area contributed by atoms with Crippen molar-refractivity contribution in [1.82, 2.24) is 20.4 Å². The van der Waals surface area contributed by atoms with Gasteiger partial charge in [-0.25, -0.2) is 27.5 Å². The van der Waals surface area contributed by atoms with Gasteiger partial charge in [0.2, 0.25) is 15.9 Å². The maximum atomic E-state index is 13.5. The molecule has 0 aliphatic carbocycles. The van der Waals surface area contributed by atoms with E-state index in [2.05, 4.69) is 10.6 Å². The van der Waals surface area contributed by atoms with E-state index in [4.69, 9.17) is 9.79 Å². The van der Waals surface area contributed by atoms with Crippen molar-refractivity contribution in [3.63, 3.8) is 0 Å². The summed E-state index contributed by atoms with van der Waals surface area (Å²) in [6.07, 6.45) is -0.0576. The van der Waals surface area contributed by atoms with Gasteiger partial charge in [-0.05, 0) is 35.7 Å². The molecule has 222 valence electrons. The number of hydrogen-bond acceptors (Lipinski definition) is 9. The Morgan fingerprint density at radius 1 is 1.12 bits per heavy atom. The summed E-state index contributed by atoms with van der Waals surface area (Å²) in [6.45, 7) is -1.64. The Bertz CT molecular complexity index is 1540. The van der Waals surface area contributed by atoms with Gasteiger partial charge in [0, 0.05) is 19.6 Å². The number of piperazine rings is 1. The molecule has 2 heterocycles. The molecule has 0 spiro atoms. The molecule has 2 aromatic rings. The molecule has 0 aromatic heterocycles. The Morgan fingerprint density at radius 3 is 2.43 bits per heavy atom. The van der Waals surface area contributed by atoms with Crippen LogP contribution in [0.1, 0.15) is 27.5 Å². The molecule has 42 heavy (non-hydrogen) atoms. The number of benzene rings is 2. The van der Waals surface area contributed by atoms with Gasteiger partial charge in [-0.1, -0.05) is 24.3 Å². The summed E-state index contributed by atoms with van der Waals surface area (Å²) in [5, 5.41) is 29.9. The van der Waals surface area contributed by atoms with E-state index in [1.165, 1.54) is 24.3 Å². The van der Waals surface area contributed by atoms with Crippen LogP contribution in [-0.2, 0) is 30.8 Å². The minimum Gasteiger partial charge on any atom is -0.534 e. The molecule has 5 amide bonds. The van der Waals surface area contributed by atoms with E-state index in [-0.39, 0.29) is 47.8 Å². The number of alkyl halides is 1. The number of para-hydroxylation sites is 1. The van der Waals surface area contributed by atoms with Crippen LogP contribution in [-0.4, -0.2) is 97.4 Å². The molecular weight excluding hydrogens is 580 g/mol. The summed E-state index contributed by atoms with van der Waals surface area (Å²) in [6, 6.07) is 6.13. The third kappa shape index (κ3) is 6.34. The number of carbonyl (C=O) groups is 5. The Hall–Kier alpha value is -4.55. The molecule has 2 aliphatic rings. The van der Waals surface area contributed by atoms with Crippen LogP contribution in [0.4, 0.5) is 9.18 Å². The minimum atomic E-state index is -4.10. The molecule has 0 radical (unpaired) electrons.